The largest absolute Gasteiger partial charge is 0.399 e. The fourth-order valence-corrected chi connectivity index (χ4v) is 2.80. The molecular weight excluding hydrogens is 254 g/mol. The van der Waals surface area contributed by atoms with Gasteiger partial charge in [0.25, 0.3) is 5.91 Å². The Bertz CT molecular complexity index is 635. The van der Waals surface area contributed by atoms with Crippen LogP contribution in [0, 0.1) is 0 Å². The van der Waals surface area contributed by atoms with E-state index in [0.717, 1.165) is 30.3 Å². The van der Waals surface area contributed by atoms with Crippen molar-refractivity contribution in [1.29, 1.82) is 0 Å². The monoisotopic (exact) mass is 273 g/mol. The first-order valence-electron chi connectivity index (χ1n) is 6.87. The highest BCUT2D eigenvalue weighted by atomic mass is 16.5. The number of methoxy groups -OCH3 is 1. The summed E-state index contributed by atoms with van der Waals surface area (Å²) in [5.74, 6) is 0.0450. The van der Waals surface area contributed by atoms with Gasteiger partial charge in [-0.2, -0.15) is 0 Å². The van der Waals surface area contributed by atoms with Gasteiger partial charge < -0.3 is 20.4 Å². The predicted molar refractivity (Wildman–Crippen MR) is 78.6 cm³/mol. The van der Waals surface area contributed by atoms with E-state index in [9.17, 15) is 4.79 Å². The number of aromatic amines is 1. The number of nitrogens with one attached hydrogen (secondary N) is 1. The molecule has 2 heterocycles. The zero-order chi connectivity index (χ0) is 14.1. The van der Waals surface area contributed by atoms with Gasteiger partial charge in [0.15, 0.2) is 0 Å². The number of H-pyrrole nitrogens is 1. The number of piperidine rings is 1. The molecule has 5 nitrogen and oxygen atoms in total. The Morgan fingerprint density at radius 1 is 1.50 bits per heavy atom. The number of benzene rings is 1. The fourth-order valence-electron chi connectivity index (χ4n) is 2.80. The number of likely N-dealkylation sites (tertiary alicyclic amines) is 1. The first-order chi connectivity index (χ1) is 9.69. The summed E-state index contributed by atoms with van der Waals surface area (Å²) in [4.78, 5) is 17.6. The van der Waals surface area contributed by atoms with E-state index < -0.39 is 0 Å². The number of fused-ring (bicyclic) bond motifs is 1. The van der Waals surface area contributed by atoms with Gasteiger partial charge in [0.2, 0.25) is 0 Å². The SMILES string of the molecule is COC1CCCN(C(=O)c2c[nH]c3ccc(N)cc23)C1. The first-order valence-corrected chi connectivity index (χ1v) is 6.87. The van der Waals surface area contributed by atoms with Crippen molar-refractivity contribution in [3.05, 3.63) is 30.0 Å². The summed E-state index contributed by atoms with van der Waals surface area (Å²) in [6.45, 7) is 1.44. The van der Waals surface area contributed by atoms with Crippen LogP contribution in [0.2, 0.25) is 0 Å². The molecule has 0 spiro atoms. The van der Waals surface area contributed by atoms with Crippen molar-refractivity contribution in [1.82, 2.24) is 9.88 Å². The molecular formula is C15H19N3O2. The topological polar surface area (TPSA) is 71.3 Å². The third-order valence-electron chi connectivity index (χ3n) is 3.93. The van der Waals surface area contributed by atoms with E-state index in [0.29, 0.717) is 17.8 Å². The van der Waals surface area contributed by atoms with Crippen molar-refractivity contribution in [3.8, 4) is 0 Å². The molecule has 1 aromatic heterocycles. The highest BCUT2D eigenvalue weighted by Gasteiger charge is 2.25. The lowest BCUT2D eigenvalue weighted by Crippen LogP contribution is -2.42. The van der Waals surface area contributed by atoms with Crippen LogP contribution in [-0.4, -0.2) is 42.1 Å². The minimum absolute atomic E-state index is 0.0450. The van der Waals surface area contributed by atoms with E-state index in [1.54, 1.807) is 13.3 Å². The van der Waals surface area contributed by atoms with Crippen LogP contribution in [0.4, 0.5) is 5.69 Å². The number of rotatable bonds is 2. The van der Waals surface area contributed by atoms with E-state index in [2.05, 4.69) is 4.98 Å². The normalized spacial score (nSPS) is 19.4. The maximum Gasteiger partial charge on any atom is 0.256 e. The molecule has 20 heavy (non-hydrogen) atoms. The highest BCUT2D eigenvalue weighted by molar-refractivity contribution is 6.07. The lowest BCUT2D eigenvalue weighted by Gasteiger charge is -2.31. The molecule has 1 unspecified atom stereocenters. The Morgan fingerprint density at radius 2 is 2.35 bits per heavy atom. The van der Waals surface area contributed by atoms with Crippen molar-refractivity contribution in [2.24, 2.45) is 0 Å². The summed E-state index contributed by atoms with van der Waals surface area (Å²) in [5.41, 5.74) is 8.10. The Kier molecular flexibility index (Phi) is 3.36. The van der Waals surface area contributed by atoms with Crippen LogP contribution >= 0.6 is 0 Å². The van der Waals surface area contributed by atoms with Gasteiger partial charge in [-0.25, -0.2) is 0 Å². The van der Waals surface area contributed by atoms with Gasteiger partial charge in [0.1, 0.15) is 0 Å². The molecule has 0 aliphatic carbocycles. The van der Waals surface area contributed by atoms with E-state index in [1.165, 1.54) is 0 Å². The number of anilines is 1. The second kappa shape index (κ2) is 5.17. The zero-order valence-corrected chi connectivity index (χ0v) is 11.6. The minimum Gasteiger partial charge on any atom is -0.399 e. The summed E-state index contributed by atoms with van der Waals surface area (Å²) in [5, 5.41) is 0.884. The number of hydrogen-bond acceptors (Lipinski definition) is 3. The van der Waals surface area contributed by atoms with Crippen LogP contribution in [0.1, 0.15) is 23.2 Å². The number of nitrogens with zero attached hydrogens (tertiary/aromatic N) is 1. The molecule has 1 aromatic carbocycles. The first kappa shape index (κ1) is 13.0. The summed E-state index contributed by atoms with van der Waals surface area (Å²) in [6, 6.07) is 5.57. The molecule has 1 aliphatic heterocycles. The number of carbonyl (C=O) groups excluding carboxylic acids is 1. The lowest BCUT2D eigenvalue weighted by molar-refractivity contribution is 0.0270. The third-order valence-corrected chi connectivity index (χ3v) is 3.93. The minimum atomic E-state index is 0.0450. The molecule has 0 radical (unpaired) electrons. The molecule has 0 bridgehead atoms. The van der Waals surface area contributed by atoms with Crippen molar-refractivity contribution in [3.63, 3.8) is 0 Å². The molecule has 0 saturated carbocycles. The molecule has 1 aliphatic rings. The summed E-state index contributed by atoms with van der Waals surface area (Å²) >= 11 is 0. The number of hydrogen-bond donors (Lipinski definition) is 2. The van der Waals surface area contributed by atoms with Crippen LogP contribution in [-0.2, 0) is 4.74 Å². The maximum absolute atomic E-state index is 12.7. The van der Waals surface area contributed by atoms with Crippen molar-refractivity contribution in [2.45, 2.75) is 18.9 Å². The number of amides is 1. The summed E-state index contributed by atoms with van der Waals surface area (Å²) in [7, 11) is 1.70. The molecule has 3 N–H and O–H groups in total. The average Bonchev–Trinajstić information content (AvgIpc) is 2.89. The van der Waals surface area contributed by atoms with Gasteiger partial charge in [-0.1, -0.05) is 0 Å². The number of aromatic nitrogens is 1. The molecule has 1 amide bonds. The van der Waals surface area contributed by atoms with Crippen LogP contribution in [0.3, 0.4) is 0 Å². The van der Waals surface area contributed by atoms with Gasteiger partial charge in [-0.05, 0) is 31.0 Å². The molecule has 106 valence electrons. The number of nitrogen functional groups attached to an aromatic ring is 1. The fraction of sp³-hybridized carbons (Fsp3) is 0.400. The van der Waals surface area contributed by atoms with Crippen LogP contribution in [0.25, 0.3) is 10.9 Å². The lowest BCUT2D eigenvalue weighted by atomic mass is 10.1. The van der Waals surface area contributed by atoms with E-state index in [-0.39, 0.29) is 12.0 Å². The summed E-state index contributed by atoms with van der Waals surface area (Å²) in [6.07, 6.45) is 3.90. The zero-order valence-electron chi connectivity index (χ0n) is 11.6. The number of carbonyl (C=O) groups is 1. The smallest absolute Gasteiger partial charge is 0.256 e. The molecule has 3 rings (SSSR count). The van der Waals surface area contributed by atoms with Crippen molar-refractivity contribution in [2.75, 3.05) is 25.9 Å². The van der Waals surface area contributed by atoms with E-state index >= 15 is 0 Å². The standard InChI is InChI=1S/C15H19N3O2/c1-20-11-3-2-6-18(9-11)15(19)13-8-17-14-5-4-10(16)7-12(13)14/h4-5,7-8,11,17H,2-3,6,9,16H2,1H3. The van der Waals surface area contributed by atoms with Gasteiger partial charge in [-0.15, -0.1) is 0 Å². The highest BCUT2D eigenvalue weighted by Crippen LogP contribution is 2.24. The predicted octanol–water partition coefficient (Wildman–Crippen LogP) is 2.00. The second-order valence-electron chi connectivity index (χ2n) is 5.26. The van der Waals surface area contributed by atoms with Crippen molar-refractivity contribution >= 4 is 22.5 Å². The molecule has 2 aromatic rings. The molecule has 1 atom stereocenters. The Hall–Kier alpha value is -2.01. The molecule has 1 fully saturated rings. The average molecular weight is 273 g/mol. The van der Waals surface area contributed by atoms with E-state index in [4.69, 9.17) is 10.5 Å². The van der Waals surface area contributed by atoms with Gasteiger partial charge >= 0.3 is 0 Å². The number of nitrogens with two attached hydrogens (primary N) is 1. The van der Waals surface area contributed by atoms with E-state index in [1.807, 2.05) is 23.1 Å². The third kappa shape index (κ3) is 2.25. The maximum atomic E-state index is 12.7. The van der Waals surface area contributed by atoms with Crippen molar-refractivity contribution < 1.29 is 9.53 Å². The quantitative estimate of drug-likeness (QED) is 0.822. The van der Waals surface area contributed by atoms with Crippen LogP contribution in [0.15, 0.2) is 24.4 Å². The van der Waals surface area contributed by atoms with Crippen LogP contribution < -0.4 is 5.73 Å². The van der Waals surface area contributed by atoms with Gasteiger partial charge in [0.05, 0.1) is 11.7 Å². The second-order valence-corrected chi connectivity index (χ2v) is 5.26. The van der Waals surface area contributed by atoms with Crippen LogP contribution in [0.5, 0.6) is 0 Å². The molecule has 1 saturated heterocycles. The Balaban J connectivity index is 1.90. The molecule has 5 heteroatoms. The Labute approximate surface area is 117 Å². The Morgan fingerprint density at radius 3 is 3.15 bits per heavy atom. The number of ether oxygens (including phenoxy) is 1. The van der Waals surface area contributed by atoms with Gasteiger partial charge in [-0.3, -0.25) is 4.79 Å². The summed E-state index contributed by atoms with van der Waals surface area (Å²) < 4.78 is 5.37. The van der Waals surface area contributed by atoms with Gasteiger partial charge in [0, 0.05) is 43.0 Å².